The minimum Gasteiger partial charge on any atom is -0.342 e. The van der Waals surface area contributed by atoms with E-state index in [4.69, 9.17) is 0 Å². The molecule has 0 rings (SSSR count). The van der Waals surface area contributed by atoms with Crippen LogP contribution in [0.15, 0.2) is 0 Å². The summed E-state index contributed by atoms with van der Waals surface area (Å²) in [6, 6.07) is 0. The standard InChI is InChI=1S/C14H40N4Si3/c1-9-15(10-2)19-18(20(7)16(11-3)12-4)21(8)17(13-5)14-6/h20-21H,9-14,19H2,1-8H3. The highest BCUT2D eigenvalue weighted by Crippen LogP contribution is 2.09. The second-order valence-electron chi connectivity index (χ2n) is 5.67. The van der Waals surface area contributed by atoms with Gasteiger partial charge in [0.1, 0.15) is 0 Å². The average Bonchev–Trinajstić information content (AvgIpc) is 2.50. The second kappa shape index (κ2) is 12.0. The van der Waals surface area contributed by atoms with Crippen LogP contribution in [0.5, 0.6) is 0 Å². The van der Waals surface area contributed by atoms with Crippen molar-refractivity contribution in [3.63, 3.8) is 0 Å². The normalized spacial score (nSPS) is 16.0. The molecule has 0 N–H and O–H groups in total. The summed E-state index contributed by atoms with van der Waals surface area (Å²) in [5, 5.41) is 0. The summed E-state index contributed by atoms with van der Waals surface area (Å²) in [4.78, 5) is 0. The lowest BCUT2D eigenvalue weighted by Gasteiger charge is -2.44. The summed E-state index contributed by atoms with van der Waals surface area (Å²) in [6.07, 6.45) is 0. The first-order valence-corrected chi connectivity index (χ1v) is 14.6. The molecule has 0 saturated carbocycles. The Morgan fingerprint density at radius 3 is 1.19 bits per heavy atom. The zero-order valence-electron chi connectivity index (χ0n) is 15.9. The summed E-state index contributed by atoms with van der Waals surface area (Å²) < 4.78 is 11.3. The van der Waals surface area contributed by atoms with Crippen LogP contribution in [0.4, 0.5) is 0 Å². The fourth-order valence-corrected chi connectivity index (χ4v) is 15.2. The Bertz CT molecular complexity index is 228. The van der Waals surface area contributed by atoms with Crippen LogP contribution in [0.1, 0.15) is 41.5 Å². The molecule has 0 aromatic rings. The molecule has 0 aliphatic heterocycles. The number of hydrogen-bond donors (Lipinski definition) is 0. The third-order valence-electron chi connectivity index (χ3n) is 4.90. The minimum atomic E-state index is -0.951. The van der Waals surface area contributed by atoms with Gasteiger partial charge in [-0.3, -0.25) is 0 Å². The van der Waals surface area contributed by atoms with Gasteiger partial charge in [-0.1, -0.05) is 41.5 Å². The first-order valence-electron chi connectivity index (χ1n) is 8.96. The predicted octanol–water partition coefficient (Wildman–Crippen LogP) is 1.01. The summed E-state index contributed by atoms with van der Waals surface area (Å²) in [5.74, 6) is 0. The van der Waals surface area contributed by atoms with Gasteiger partial charge in [0.2, 0.25) is 0 Å². The first-order chi connectivity index (χ1) is 10.00. The van der Waals surface area contributed by atoms with E-state index in [0.717, 1.165) is 0 Å². The van der Waals surface area contributed by atoms with Gasteiger partial charge in [-0.05, 0) is 52.4 Å². The van der Waals surface area contributed by atoms with E-state index in [2.05, 4.69) is 72.2 Å². The molecule has 0 radical (unpaired) electrons. The third-order valence-corrected chi connectivity index (χ3v) is 18.8. The topological polar surface area (TPSA) is 13.0 Å². The maximum Gasteiger partial charge on any atom is 0.174 e. The van der Waals surface area contributed by atoms with E-state index in [1.54, 1.807) is 0 Å². The van der Waals surface area contributed by atoms with Gasteiger partial charge in [0.25, 0.3) is 0 Å². The van der Waals surface area contributed by atoms with Crippen LogP contribution in [0, 0.1) is 0 Å². The maximum atomic E-state index is 3.06. The molecular formula is C14H40N4Si3. The fraction of sp³-hybridized carbons (Fsp3) is 1.00. The van der Waals surface area contributed by atoms with Crippen LogP contribution in [0.25, 0.3) is 0 Å². The van der Waals surface area contributed by atoms with Crippen molar-refractivity contribution in [2.24, 2.45) is 0 Å². The lowest BCUT2D eigenvalue weighted by Crippen LogP contribution is -2.65. The lowest BCUT2D eigenvalue weighted by atomic mass is 10.7. The molecule has 0 aliphatic carbocycles. The number of hydrogen-bond acceptors (Lipinski definition) is 4. The van der Waals surface area contributed by atoms with Gasteiger partial charge in [-0.15, -0.1) is 0 Å². The molecule has 0 fully saturated rings. The average molecular weight is 349 g/mol. The van der Waals surface area contributed by atoms with Crippen molar-refractivity contribution < 1.29 is 0 Å². The predicted molar refractivity (Wildman–Crippen MR) is 105 cm³/mol. The van der Waals surface area contributed by atoms with Crippen molar-refractivity contribution in [1.82, 2.24) is 17.6 Å². The Hall–Kier alpha value is 0.491. The molecule has 0 bridgehead atoms. The van der Waals surface area contributed by atoms with E-state index >= 15 is 0 Å². The summed E-state index contributed by atoms with van der Waals surface area (Å²) >= 11 is 0. The third kappa shape index (κ3) is 6.64. The van der Waals surface area contributed by atoms with E-state index in [1.807, 2.05) is 0 Å². The summed E-state index contributed by atoms with van der Waals surface area (Å²) in [5.41, 5.74) is 0. The maximum absolute atomic E-state index is 3.06. The van der Waals surface area contributed by atoms with E-state index in [1.165, 1.54) is 39.3 Å². The van der Waals surface area contributed by atoms with Gasteiger partial charge in [0, 0.05) is 0 Å². The molecule has 0 aromatic heterocycles. The van der Waals surface area contributed by atoms with Gasteiger partial charge in [0.05, 0.1) is 0 Å². The molecule has 0 aliphatic rings. The molecule has 21 heavy (non-hydrogen) atoms. The second-order valence-corrected chi connectivity index (χ2v) is 14.9. The van der Waals surface area contributed by atoms with Crippen molar-refractivity contribution in [3.8, 4) is 0 Å². The largest absolute Gasteiger partial charge is 0.342 e. The lowest BCUT2D eigenvalue weighted by molar-refractivity contribution is 0.419. The van der Waals surface area contributed by atoms with Gasteiger partial charge in [0.15, 0.2) is 28.1 Å². The van der Waals surface area contributed by atoms with Crippen molar-refractivity contribution in [3.05, 3.63) is 0 Å². The van der Waals surface area contributed by atoms with Crippen LogP contribution in [-0.4, -0.2) is 84.9 Å². The van der Waals surface area contributed by atoms with Crippen LogP contribution < -0.4 is 0 Å². The van der Waals surface area contributed by atoms with Gasteiger partial charge < -0.3 is 17.6 Å². The Morgan fingerprint density at radius 2 is 0.952 bits per heavy atom. The van der Waals surface area contributed by atoms with Crippen molar-refractivity contribution in [2.45, 2.75) is 54.6 Å². The highest BCUT2D eigenvalue weighted by Gasteiger charge is 2.30. The van der Waals surface area contributed by atoms with Gasteiger partial charge in [-0.25, -0.2) is 0 Å². The molecule has 4 nitrogen and oxygen atoms in total. The first kappa shape index (κ1) is 21.5. The van der Waals surface area contributed by atoms with E-state index < -0.39 is 18.2 Å². The monoisotopic (exact) mass is 348 g/mol. The fourth-order valence-electron chi connectivity index (χ4n) is 3.13. The smallest absolute Gasteiger partial charge is 0.174 e. The Balaban J connectivity index is 5.14. The Morgan fingerprint density at radius 1 is 0.619 bits per heavy atom. The summed E-state index contributed by atoms with van der Waals surface area (Å²) in [7, 11) is -2.17. The highest BCUT2D eigenvalue weighted by atomic mass is 28.4. The van der Waals surface area contributed by atoms with Gasteiger partial charge in [-0.2, -0.15) is 0 Å². The highest BCUT2D eigenvalue weighted by molar-refractivity contribution is 6.78. The van der Waals surface area contributed by atoms with E-state index in [0.29, 0.717) is 0 Å². The Labute approximate surface area is 140 Å². The minimum absolute atomic E-state index is 0.272. The number of nitrogens with zero attached hydrogens (tertiary/aromatic N) is 4. The molecule has 0 spiro atoms. The Kier molecular flexibility index (Phi) is 12.3. The SMILES string of the molecule is CCN(CC)[SiH2]N([SiH](C)N(CC)CC)[SiH](C)N(CC)CC. The molecule has 7 heteroatoms. The van der Waals surface area contributed by atoms with Crippen molar-refractivity contribution in [2.75, 3.05) is 39.3 Å². The number of rotatable bonds is 12. The van der Waals surface area contributed by atoms with Crippen LogP contribution >= 0.6 is 0 Å². The summed E-state index contributed by atoms with van der Waals surface area (Å²) in [6.45, 7) is 26.4. The molecule has 0 aromatic carbocycles. The van der Waals surface area contributed by atoms with E-state index in [-0.39, 0.29) is 9.84 Å². The molecule has 0 amide bonds. The van der Waals surface area contributed by atoms with Crippen LogP contribution in [-0.2, 0) is 0 Å². The molecule has 0 heterocycles. The molecule has 0 saturated heterocycles. The van der Waals surface area contributed by atoms with Gasteiger partial charge >= 0.3 is 0 Å². The zero-order chi connectivity index (χ0) is 16.4. The molecule has 128 valence electrons. The van der Waals surface area contributed by atoms with Crippen molar-refractivity contribution >= 4 is 28.1 Å². The quantitative estimate of drug-likeness (QED) is 0.488. The van der Waals surface area contributed by atoms with Crippen LogP contribution in [0.2, 0.25) is 13.1 Å². The molecular weight excluding hydrogens is 308 g/mol. The zero-order valence-corrected chi connectivity index (χ0v) is 19.6. The van der Waals surface area contributed by atoms with E-state index in [9.17, 15) is 0 Å². The van der Waals surface area contributed by atoms with Crippen molar-refractivity contribution in [1.29, 1.82) is 0 Å². The molecule has 2 atom stereocenters. The molecule has 2 unspecified atom stereocenters. The van der Waals surface area contributed by atoms with Crippen LogP contribution in [0.3, 0.4) is 0 Å².